The van der Waals surface area contributed by atoms with Crippen molar-refractivity contribution in [1.29, 1.82) is 0 Å². The van der Waals surface area contributed by atoms with E-state index in [4.69, 9.17) is 4.74 Å². The van der Waals surface area contributed by atoms with E-state index in [9.17, 15) is 24.1 Å². The van der Waals surface area contributed by atoms with Crippen molar-refractivity contribution < 1.29 is 23.6 Å². The van der Waals surface area contributed by atoms with E-state index in [1.54, 1.807) is 0 Å². The van der Waals surface area contributed by atoms with Crippen LogP contribution < -0.4 is 10.1 Å². The molecule has 0 heterocycles. The highest BCUT2D eigenvalue weighted by Crippen LogP contribution is 2.18. The number of nitro groups is 1. The molecule has 0 aromatic heterocycles. The van der Waals surface area contributed by atoms with Gasteiger partial charge in [0, 0.05) is 25.5 Å². The summed E-state index contributed by atoms with van der Waals surface area (Å²) >= 11 is 0. The first-order chi connectivity index (χ1) is 11.8. The Hall–Kier alpha value is -3.29. The first-order valence-corrected chi connectivity index (χ1v) is 7.33. The van der Waals surface area contributed by atoms with Crippen molar-refractivity contribution in [3.05, 3.63) is 70.0 Å². The summed E-state index contributed by atoms with van der Waals surface area (Å²) in [5.41, 5.74) is 0.505. The zero-order chi connectivity index (χ0) is 18.4. The first kappa shape index (κ1) is 18.1. The van der Waals surface area contributed by atoms with Crippen molar-refractivity contribution >= 4 is 17.6 Å². The van der Waals surface area contributed by atoms with Gasteiger partial charge in [-0.2, -0.15) is 0 Å². The van der Waals surface area contributed by atoms with Crippen molar-refractivity contribution in [2.75, 3.05) is 0 Å². The Labute approximate surface area is 142 Å². The molecule has 0 aliphatic heterocycles. The van der Waals surface area contributed by atoms with Gasteiger partial charge in [0.05, 0.1) is 4.92 Å². The summed E-state index contributed by atoms with van der Waals surface area (Å²) in [5, 5.41) is 13.1. The molecule has 0 aliphatic rings. The number of ether oxygens (including phenoxy) is 1. The van der Waals surface area contributed by atoms with E-state index in [1.807, 2.05) is 0 Å². The number of nitrogens with zero attached hydrogens (tertiary/aromatic N) is 1. The largest absolute Gasteiger partial charge is 0.425 e. The number of benzene rings is 2. The highest BCUT2D eigenvalue weighted by atomic mass is 19.1. The lowest BCUT2D eigenvalue weighted by atomic mass is 10.1. The van der Waals surface area contributed by atoms with Gasteiger partial charge in [-0.3, -0.25) is 14.9 Å². The van der Waals surface area contributed by atoms with Gasteiger partial charge in [-0.15, -0.1) is 0 Å². The van der Waals surface area contributed by atoms with E-state index < -0.39 is 28.7 Å². The molecular weight excluding hydrogens is 331 g/mol. The number of nitro benzene ring substituents is 1. The van der Waals surface area contributed by atoms with Gasteiger partial charge in [0.1, 0.15) is 17.6 Å². The predicted molar refractivity (Wildman–Crippen MR) is 86.4 cm³/mol. The number of non-ortho nitro benzene ring substituents is 1. The maximum absolute atomic E-state index is 13.0. The Kier molecular flexibility index (Phi) is 5.78. The van der Waals surface area contributed by atoms with Crippen LogP contribution in [0.2, 0.25) is 0 Å². The Balaban J connectivity index is 2.10. The number of rotatable bonds is 6. The molecule has 0 radical (unpaired) electrons. The van der Waals surface area contributed by atoms with Gasteiger partial charge in [0.15, 0.2) is 0 Å². The van der Waals surface area contributed by atoms with Crippen LogP contribution in [0, 0.1) is 15.9 Å². The molecule has 0 aliphatic carbocycles. The minimum Gasteiger partial charge on any atom is -0.425 e. The van der Waals surface area contributed by atoms with Crippen molar-refractivity contribution in [3.8, 4) is 5.75 Å². The number of nitrogens with one attached hydrogen (secondary N) is 1. The van der Waals surface area contributed by atoms with Crippen LogP contribution in [0.5, 0.6) is 5.75 Å². The number of halogens is 1. The van der Waals surface area contributed by atoms with Crippen LogP contribution in [-0.4, -0.2) is 22.8 Å². The normalized spacial score (nSPS) is 11.4. The number of hydrogen-bond donors (Lipinski definition) is 1. The van der Waals surface area contributed by atoms with Crippen molar-refractivity contribution in [1.82, 2.24) is 5.32 Å². The third-order valence-corrected chi connectivity index (χ3v) is 3.28. The molecule has 0 spiro atoms. The quantitative estimate of drug-likeness (QED) is 0.375. The molecule has 0 saturated heterocycles. The first-order valence-electron chi connectivity index (χ1n) is 7.33. The van der Waals surface area contributed by atoms with Gasteiger partial charge in [0.2, 0.25) is 5.91 Å². The molecule has 0 saturated carbocycles. The summed E-state index contributed by atoms with van der Waals surface area (Å²) in [6.07, 6.45) is 0.117. The zero-order valence-corrected chi connectivity index (χ0v) is 13.3. The maximum Gasteiger partial charge on any atom is 0.334 e. The molecule has 2 rings (SSSR count). The van der Waals surface area contributed by atoms with E-state index in [2.05, 4.69) is 5.32 Å². The minimum absolute atomic E-state index is 0.116. The topological polar surface area (TPSA) is 98.5 Å². The summed E-state index contributed by atoms with van der Waals surface area (Å²) in [6.45, 7) is 1.26. The van der Waals surface area contributed by atoms with E-state index in [0.29, 0.717) is 5.56 Å². The summed E-state index contributed by atoms with van der Waals surface area (Å²) in [6, 6.07) is 9.53. The van der Waals surface area contributed by atoms with Crippen LogP contribution in [0.15, 0.2) is 48.5 Å². The standard InChI is InChI=1S/C17H15FN2O5/c1-11(21)19-16(10-12-2-4-13(18)5-3-12)17(22)25-15-8-6-14(7-9-15)20(23)24/h2-9,16H,10H2,1H3,(H,19,21). The van der Waals surface area contributed by atoms with Crippen LogP contribution in [0.3, 0.4) is 0 Å². The Morgan fingerprint density at radius 2 is 1.76 bits per heavy atom. The molecule has 1 unspecified atom stereocenters. The average molecular weight is 346 g/mol. The molecule has 2 aromatic rings. The van der Waals surface area contributed by atoms with E-state index in [1.165, 1.54) is 55.5 Å². The molecule has 1 amide bonds. The monoisotopic (exact) mass is 346 g/mol. The maximum atomic E-state index is 13.0. The molecule has 25 heavy (non-hydrogen) atoms. The van der Waals surface area contributed by atoms with E-state index >= 15 is 0 Å². The van der Waals surface area contributed by atoms with Crippen LogP contribution in [0.4, 0.5) is 10.1 Å². The van der Waals surface area contributed by atoms with Gasteiger partial charge >= 0.3 is 5.97 Å². The molecule has 1 N–H and O–H groups in total. The molecule has 2 aromatic carbocycles. The summed E-state index contributed by atoms with van der Waals surface area (Å²) in [7, 11) is 0. The highest BCUT2D eigenvalue weighted by molar-refractivity contribution is 5.84. The van der Waals surface area contributed by atoms with Crippen molar-refractivity contribution in [2.45, 2.75) is 19.4 Å². The molecule has 8 heteroatoms. The molecule has 7 nitrogen and oxygen atoms in total. The number of esters is 1. The highest BCUT2D eigenvalue weighted by Gasteiger charge is 2.22. The number of carbonyl (C=O) groups excluding carboxylic acids is 2. The Morgan fingerprint density at radius 1 is 1.16 bits per heavy atom. The van der Waals surface area contributed by atoms with Crippen LogP contribution in [0.1, 0.15) is 12.5 Å². The Bertz CT molecular complexity index is 775. The Morgan fingerprint density at radius 3 is 2.28 bits per heavy atom. The fourth-order valence-corrected chi connectivity index (χ4v) is 2.12. The van der Waals surface area contributed by atoms with E-state index in [0.717, 1.165) is 0 Å². The fraction of sp³-hybridized carbons (Fsp3) is 0.176. The fourth-order valence-electron chi connectivity index (χ4n) is 2.12. The van der Waals surface area contributed by atoms with Crippen LogP contribution in [-0.2, 0) is 16.0 Å². The van der Waals surface area contributed by atoms with Gasteiger partial charge < -0.3 is 10.1 Å². The van der Waals surface area contributed by atoms with Crippen LogP contribution >= 0.6 is 0 Å². The lowest BCUT2D eigenvalue weighted by molar-refractivity contribution is -0.384. The SMILES string of the molecule is CC(=O)NC(Cc1ccc(F)cc1)C(=O)Oc1ccc([N+](=O)[O-])cc1. The van der Waals surface area contributed by atoms with Crippen LogP contribution in [0.25, 0.3) is 0 Å². The van der Waals surface area contributed by atoms with Gasteiger partial charge in [-0.05, 0) is 29.8 Å². The van der Waals surface area contributed by atoms with Gasteiger partial charge in [-0.1, -0.05) is 12.1 Å². The molecule has 0 fully saturated rings. The summed E-state index contributed by atoms with van der Waals surface area (Å²) < 4.78 is 18.1. The predicted octanol–water partition coefficient (Wildman–Crippen LogP) is 2.39. The van der Waals surface area contributed by atoms with E-state index in [-0.39, 0.29) is 17.9 Å². The second kappa shape index (κ2) is 8.00. The van der Waals surface area contributed by atoms with Gasteiger partial charge in [-0.25, -0.2) is 9.18 Å². The zero-order valence-electron chi connectivity index (χ0n) is 13.3. The lowest BCUT2D eigenvalue weighted by Crippen LogP contribution is -2.43. The molecule has 1 atom stereocenters. The average Bonchev–Trinajstić information content (AvgIpc) is 2.56. The third kappa shape index (κ3) is 5.38. The smallest absolute Gasteiger partial charge is 0.334 e. The lowest BCUT2D eigenvalue weighted by Gasteiger charge is -2.16. The van der Waals surface area contributed by atoms with Crippen molar-refractivity contribution in [2.24, 2.45) is 0 Å². The van der Waals surface area contributed by atoms with Crippen molar-refractivity contribution in [3.63, 3.8) is 0 Å². The number of hydrogen-bond acceptors (Lipinski definition) is 5. The minimum atomic E-state index is -0.974. The molecular formula is C17H15FN2O5. The second-order valence-corrected chi connectivity index (χ2v) is 5.26. The van der Waals surface area contributed by atoms with Gasteiger partial charge in [0.25, 0.3) is 5.69 Å². The summed E-state index contributed by atoms with van der Waals surface area (Å²) in [5.74, 6) is -1.44. The second-order valence-electron chi connectivity index (χ2n) is 5.26. The number of amides is 1. The summed E-state index contributed by atoms with van der Waals surface area (Å²) in [4.78, 5) is 33.7. The molecule has 0 bridgehead atoms. The third-order valence-electron chi connectivity index (χ3n) is 3.28. The molecule has 130 valence electrons. The number of carbonyl (C=O) groups is 2.